The van der Waals surface area contributed by atoms with Crippen LogP contribution in [-0.2, 0) is 17.8 Å². The summed E-state index contributed by atoms with van der Waals surface area (Å²) in [7, 11) is 4.42. The molecule has 2 aromatic carbocycles. The Morgan fingerprint density at radius 1 is 0.963 bits per heavy atom. The molecule has 146 valence electrons. The summed E-state index contributed by atoms with van der Waals surface area (Å²) in [5.74, 6) is 1.07. The van der Waals surface area contributed by atoms with Crippen molar-refractivity contribution < 1.29 is 32.5 Å². The predicted octanol–water partition coefficient (Wildman–Crippen LogP) is 3.17. The number of carbonyl (C=O) groups excluding carboxylic acids is 1. The van der Waals surface area contributed by atoms with Gasteiger partial charge < -0.3 is 24.3 Å². The lowest BCUT2D eigenvalue weighted by molar-refractivity contribution is -0.120. The number of ether oxygens (including phenoxy) is 4. The van der Waals surface area contributed by atoms with Gasteiger partial charge in [0.2, 0.25) is 5.91 Å². The monoisotopic (exact) mass is 381 g/mol. The summed E-state index contributed by atoms with van der Waals surface area (Å²) in [5.41, 5.74) is 1.40. The van der Waals surface area contributed by atoms with E-state index in [1.165, 1.54) is 26.4 Å². The number of methoxy groups -OCH3 is 3. The molecule has 0 saturated heterocycles. The summed E-state index contributed by atoms with van der Waals surface area (Å²) in [6.07, 6.45) is 0.122. The lowest BCUT2D eigenvalue weighted by atomic mass is 10.1. The molecule has 0 aliphatic carbocycles. The van der Waals surface area contributed by atoms with Crippen LogP contribution < -0.4 is 24.3 Å². The smallest absolute Gasteiger partial charge is 0.387 e. The van der Waals surface area contributed by atoms with Crippen molar-refractivity contribution in [2.24, 2.45) is 0 Å². The molecule has 8 heteroatoms. The van der Waals surface area contributed by atoms with Gasteiger partial charge in [0, 0.05) is 18.2 Å². The molecule has 0 bridgehead atoms. The van der Waals surface area contributed by atoms with Crippen molar-refractivity contribution in [3.63, 3.8) is 0 Å². The van der Waals surface area contributed by atoms with Crippen molar-refractivity contribution in [3.05, 3.63) is 47.5 Å². The Morgan fingerprint density at radius 3 is 2.33 bits per heavy atom. The highest BCUT2D eigenvalue weighted by atomic mass is 19.3. The van der Waals surface area contributed by atoms with Crippen LogP contribution in [0.1, 0.15) is 11.1 Å². The highest BCUT2D eigenvalue weighted by Gasteiger charge is 2.13. The molecule has 2 aromatic rings. The molecule has 0 atom stereocenters. The van der Waals surface area contributed by atoms with E-state index in [2.05, 4.69) is 10.1 Å². The van der Waals surface area contributed by atoms with E-state index in [0.717, 1.165) is 0 Å². The minimum absolute atomic E-state index is 0.0643. The molecule has 0 saturated carbocycles. The number of amides is 1. The van der Waals surface area contributed by atoms with E-state index >= 15 is 0 Å². The van der Waals surface area contributed by atoms with Crippen LogP contribution in [-0.4, -0.2) is 33.8 Å². The fourth-order valence-electron chi connectivity index (χ4n) is 2.45. The molecule has 1 N–H and O–H groups in total. The largest absolute Gasteiger partial charge is 0.497 e. The quantitative estimate of drug-likeness (QED) is 0.723. The van der Waals surface area contributed by atoms with Crippen LogP contribution in [0.5, 0.6) is 23.0 Å². The van der Waals surface area contributed by atoms with Gasteiger partial charge in [-0.2, -0.15) is 8.78 Å². The Kier molecular flexibility index (Phi) is 7.22. The second kappa shape index (κ2) is 9.61. The minimum Gasteiger partial charge on any atom is -0.497 e. The molecule has 0 fully saturated rings. The molecule has 0 aliphatic heterocycles. The Morgan fingerprint density at radius 2 is 1.70 bits per heavy atom. The standard InChI is InChI=1S/C19H21F2NO5/c1-24-14-6-5-13(16(10-14)25-2)9-18(23)22-11-12-4-7-15(27-19(20)21)17(8-12)26-3/h4-8,10,19H,9,11H2,1-3H3,(H,22,23). The average Bonchev–Trinajstić information content (AvgIpc) is 2.67. The summed E-state index contributed by atoms with van der Waals surface area (Å²) in [5, 5.41) is 2.77. The van der Waals surface area contributed by atoms with E-state index in [-0.39, 0.29) is 30.4 Å². The van der Waals surface area contributed by atoms with Crippen LogP contribution in [0.2, 0.25) is 0 Å². The zero-order valence-corrected chi connectivity index (χ0v) is 15.3. The van der Waals surface area contributed by atoms with E-state index < -0.39 is 6.61 Å². The Bertz CT molecular complexity index is 783. The van der Waals surface area contributed by atoms with Gasteiger partial charge >= 0.3 is 6.61 Å². The molecule has 0 aromatic heterocycles. The van der Waals surface area contributed by atoms with Crippen molar-refractivity contribution in [2.75, 3.05) is 21.3 Å². The van der Waals surface area contributed by atoms with E-state index in [9.17, 15) is 13.6 Å². The van der Waals surface area contributed by atoms with Crippen molar-refractivity contribution >= 4 is 5.91 Å². The third-order valence-corrected chi connectivity index (χ3v) is 3.78. The van der Waals surface area contributed by atoms with Gasteiger partial charge in [-0.3, -0.25) is 4.79 Å². The second-order valence-corrected chi connectivity index (χ2v) is 5.49. The number of benzene rings is 2. The van der Waals surface area contributed by atoms with E-state index in [1.807, 2.05) is 0 Å². The highest BCUT2D eigenvalue weighted by molar-refractivity contribution is 5.79. The highest BCUT2D eigenvalue weighted by Crippen LogP contribution is 2.29. The molecular weight excluding hydrogens is 360 g/mol. The van der Waals surface area contributed by atoms with Gasteiger partial charge in [-0.25, -0.2) is 0 Å². The van der Waals surface area contributed by atoms with E-state index in [1.54, 1.807) is 31.4 Å². The third kappa shape index (κ3) is 5.73. The van der Waals surface area contributed by atoms with Gasteiger partial charge in [0.15, 0.2) is 11.5 Å². The number of nitrogens with one attached hydrogen (secondary N) is 1. The van der Waals surface area contributed by atoms with Gasteiger partial charge in [0.05, 0.1) is 27.8 Å². The van der Waals surface area contributed by atoms with Gasteiger partial charge in [0.1, 0.15) is 11.5 Å². The normalized spacial score (nSPS) is 10.4. The van der Waals surface area contributed by atoms with Gasteiger partial charge in [0.25, 0.3) is 0 Å². The second-order valence-electron chi connectivity index (χ2n) is 5.49. The molecule has 0 heterocycles. The Balaban J connectivity index is 1.99. The van der Waals surface area contributed by atoms with E-state index in [4.69, 9.17) is 14.2 Å². The van der Waals surface area contributed by atoms with Gasteiger partial charge in [-0.1, -0.05) is 12.1 Å². The van der Waals surface area contributed by atoms with Gasteiger partial charge in [-0.15, -0.1) is 0 Å². The minimum atomic E-state index is -2.94. The number of carbonyl (C=O) groups is 1. The lowest BCUT2D eigenvalue weighted by Crippen LogP contribution is -2.24. The first-order valence-corrected chi connectivity index (χ1v) is 8.06. The summed E-state index contributed by atoms with van der Waals surface area (Å²) >= 11 is 0. The van der Waals surface area contributed by atoms with Crippen LogP contribution in [0.3, 0.4) is 0 Å². The average molecular weight is 381 g/mol. The fourth-order valence-corrected chi connectivity index (χ4v) is 2.45. The van der Waals surface area contributed by atoms with Crippen molar-refractivity contribution in [2.45, 2.75) is 19.6 Å². The summed E-state index contributed by atoms with van der Waals surface area (Å²) < 4.78 is 44.5. The molecule has 6 nitrogen and oxygen atoms in total. The number of hydrogen-bond donors (Lipinski definition) is 1. The summed E-state index contributed by atoms with van der Waals surface area (Å²) in [6, 6.07) is 9.70. The number of rotatable bonds is 9. The van der Waals surface area contributed by atoms with Crippen LogP contribution >= 0.6 is 0 Å². The van der Waals surface area contributed by atoms with Crippen LogP contribution in [0.25, 0.3) is 0 Å². The van der Waals surface area contributed by atoms with Crippen LogP contribution in [0, 0.1) is 0 Å². The summed E-state index contributed by atoms with van der Waals surface area (Å²) in [6.45, 7) is -2.73. The van der Waals surface area contributed by atoms with Crippen LogP contribution in [0.15, 0.2) is 36.4 Å². The third-order valence-electron chi connectivity index (χ3n) is 3.78. The number of halogens is 2. The zero-order chi connectivity index (χ0) is 19.8. The molecule has 27 heavy (non-hydrogen) atoms. The first kappa shape index (κ1) is 20.3. The molecule has 0 radical (unpaired) electrons. The molecule has 0 aliphatic rings. The zero-order valence-electron chi connectivity index (χ0n) is 15.3. The van der Waals surface area contributed by atoms with Crippen molar-refractivity contribution in [3.8, 4) is 23.0 Å². The Hall–Kier alpha value is -3.03. The molecular formula is C19H21F2NO5. The SMILES string of the molecule is COc1ccc(CC(=O)NCc2ccc(OC(F)F)c(OC)c2)c(OC)c1. The molecule has 0 spiro atoms. The maximum absolute atomic E-state index is 12.4. The number of alkyl halides is 2. The maximum atomic E-state index is 12.4. The van der Waals surface area contributed by atoms with Crippen molar-refractivity contribution in [1.82, 2.24) is 5.32 Å². The lowest BCUT2D eigenvalue weighted by Gasteiger charge is -2.13. The van der Waals surface area contributed by atoms with Gasteiger partial charge in [-0.05, 0) is 23.8 Å². The maximum Gasteiger partial charge on any atom is 0.387 e. The van der Waals surface area contributed by atoms with Crippen LogP contribution in [0.4, 0.5) is 8.78 Å². The molecule has 0 unspecified atom stereocenters. The first-order valence-electron chi connectivity index (χ1n) is 8.06. The summed E-state index contributed by atoms with van der Waals surface area (Å²) in [4.78, 5) is 12.2. The number of hydrogen-bond acceptors (Lipinski definition) is 5. The predicted molar refractivity (Wildman–Crippen MR) is 94.7 cm³/mol. The van der Waals surface area contributed by atoms with Crippen molar-refractivity contribution in [1.29, 1.82) is 0 Å². The van der Waals surface area contributed by atoms with E-state index in [0.29, 0.717) is 22.6 Å². The molecule has 1 amide bonds. The fraction of sp³-hybridized carbons (Fsp3) is 0.316. The first-order chi connectivity index (χ1) is 13.0. The Labute approximate surface area is 156 Å². The molecule has 2 rings (SSSR count). The topological polar surface area (TPSA) is 66.0 Å².